The molecule has 64 valence electrons. The molecule has 1 aliphatic rings. The fourth-order valence-electron chi connectivity index (χ4n) is 1.44. The van der Waals surface area contributed by atoms with Crippen molar-refractivity contribution in [3.63, 3.8) is 0 Å². The second-order valence-corrected chi connectivity index (χ2v) is 3.01. The van der Waals surface area contributed by atoms with E-state index in [2.05, 4.69) is 0 Å². The van der Waals surface area contributed by atoms with E-state index in [9.17, 15) is 4.39 Å². The highest BCUT2D eigenvalue weighted by molar-refractivity contribution is 5.45. The summed E-state index contributed by atoms with van der Waals surface area (Å²) in [4.78, 5) is 0. The van der Waals surface area contributed by atoms with Gasteiger partial charge in [-0.15, -0.1) is 0 Å². The van der Waals surface area contributed by atoms with Crippen LogP contribution in [0.4, 0.5) is 4.39 Å². The third kappa shape index (κ3) is 0.898. The average molecular weight is 167 g/mol. The van der Waals surface area contributed by atoms with Crippen LogP contribution in [0.1, 0.15) is 17.2 Å². The van der Waals surface area contributed by atoms with Gasteiger partial charge in [-0.25, -0.2) is 4.39 Å². The second-order valence-electron chi connectivity index (χ2n) is 3.01. The normalized spacial score (nSPS) is 20.4. The van der Waals surface area contributed by atoms with Gasteiger partial charge in [-0.1, -0.05) is 6.07 Å². The molecule has 0 bridgehead atoms. The van der Waals surface area contributed by atoms with E-state index in [0.29, 0.717) is 17.9 Å². The number of fused-ring (bicyclic) bond motifs is 1. The lowest BCUT2D eigenvalue weighted by atomic mass is 10.1. The fraction of sp³-hybridized carbons (Fsp3) is 0.333. The van der Waals surface area contributed by atoms with Gasteiger partial charge in [0.15, 0.2) is 0 Å². The van der Waals surface area contributed by atoms with Gasteiger partial charge in [0.25, 0.3) is 0 Å². The minimum Gasteiger partial charge on any atom is -0.491 e. The summed E-state index contributed by atoms with van der Waals surface area (Å²) in [6.07, 6.45) is 0. The summed E-state index contributed by atoms with van der Waals surface area (Å²) < 4.78 is 18.2. The van der Waals surface area contributed by atoms with E-state index in [4.69, 9.17) is 10.5 Å². The molecule has 2 nitrogen and oxygen atoms in total. The molecule has 0 aliphatic carbocycles. The second kappa shape index (κ2) is 2.45. The summed E-state index contributed by atoms with van der Waals surface area (Å²) in [5.41, 5.74) is 7.18. The Kier molecular flexibility index (Phi) is 1.54. The molecule has 0 amide bonds. The van der Waals surface area contributed by atoms with E-state index in [1.807, 2.05) is 0 Å². The molecule has 0 radical (unpaired) electrons. The molecule has 1 aromatic carbocycles. The Morgan fingerprint density at radius 2 is 2.33 bits per heavy atom. The quantitative estimate of drug-likeness (QED) is 0.636. The Morgan fingerprint density at radius 3 is 3.08 bits per heavy atom. The van der Waals surface area contributed by atoms with E-state index in [1.54, 1.807) is 13.0 Å². The molecular formula is C9H10FNO. The summed E-state index contributed by atoms with van der Waals surface area (Å²) in [6.45, 7) is 2.16. The van der Waals surface area contributed by atoms with Crippen LogP contribution in [0.3, 0.4) is 0 Å². The lowest BCUT2D eigenvalue weighted by Crippen LogP contribution is -2.10. The molecule has 2 rings (SSSR count). The molecule has 0 aromatic heterocycles. The Morgan fingerprint density at radius 1 is 1.58 bits per heavy atom. The van der Waals surface area contributed by atoms with Crippen molar-refractivity contribution < 1.29 is 9.13 Å². The number of ether oxygens (including phenoxy) is 1. The molecule has 1 unspecified atom stereocenters. The first kappa shape index (κ1) is 7.55. The Labute approximate surface area is 70.1 Å². The zero-order valence-electron chi connectivity index (χ0n) is 6.80. The lowest BCUT2D eigenvalue weighted by Gasteiger charge is -2.03. The minimum absolute atomic E-state index is 0.0979. The number of nitrogens with two attached hydrogens (primary N) is 1. The van der Waals surface area contributed by atoms with Crippen LogP contribution in [0.5, 0.6) is 5.75 Å². The zero-order chi connectivity index (χ0) is 8.72. The average Bonchev–Trinajstić information content (AvgIpc) is 2.41. The van der Waals surface area contributed by atoms with Crippen LogP contribution >= 0.6 is 0 Å². The molecular weight excluding hydrogens is 157 g/mol. The number of hydrogen-bond acceptors (Lipinski definition) is 2. The Bertz CT molecular complexity index is 325. The fourth-order valence-corrected chi connectivity index (χ4v) is 1.44. The molecule has 0 fully saturated rings. The van der Waals surface area contributed by atoms with Crippen molar-refractivity contribution in [2.45, 2.75) is 13.0 Å². The highest BCUT2D eigenvalue weighted by Crippen LogP contribution is 2.34. The van der Waals surface area contributed by atoms with Crippen LogP contribution in [-0.4, -0.2) is 6.61 Å². The van der Waals surface area contributed by atoms with Crippen molar-refractivity contribution in [3.05, 3.63) is 29.1 Å². The van der Waals surface area contributed by atoms with E-state index >= 15 is 0 Å². The summed E-state index contributed by atoms with van der Waals surface area (Å²) in [6, 6.07) is 3.03. The minimum atomic E-state index is -0.233. The smallest absolute Gasteiger partial charge is 0.130 e. The Hall–Kier alpha value is -1.09. The van der Waals surface area contributed by atoms with E-state index < -0.39 is 0 Å². The summed E-state index contributed by atoms with van der Waals surface area (Å²) in [5, 5.41) is 0. The monoisotopic (exact) mass is 167 g/mol. The molecule has 0 saturated carbocycles. The van der Waals surface area contributed by atoms with Gasteiger partial charge in [0.1, 0.15) is 18.2 Å². The van der Waals surface area contributed by atoms with Crippen LogP contribution < -0.4 is 10.5 Å². The number of halogens is 1. The highest BCUT2D eigenvalue weighted by Gasteiger charge is 2.23. The lowest BCUT2D eigenvalue weighted by molar-refractivity contribution is 0.330. The molecule has 3 heteroatoms. The molecule has 0 saturated heterocycles. The van der Waals surface area contributed by atoms with Gasteiger partial charge in [-0.2, -0.15) is 0 Å². The van der Waals surface area contributed by atoms with Gasteiger partial charge >= 0.3 is 0 Å². The van der Waals surface area contributed by atoms with Crippen LogP contribution in [0.15, 0.2) is 12.1 Å². The molecule has 1 aliphatic heterocycles. The molecule has 12 heavy (non-hydrogen) atoms. The van der Waals surface area contributed by atoms with Crippen molar-refractivity contribution in [1.29, 1.82) is 0 Å². The maximum atomic E-state index is 13.0. The predicted octanol–water partition coefficient (Wildman–Crippen LogP) is 1.53. The van der Waals surface area contributed by atoms with E-state index in [0.717, 1.165) is 5.56 Å². The predicted molar refractivity (Wildman–Crippen MR) is 43.6 cm³/mol. The van der Waals surface area contributed by atoms with Crippen LogP contribution in [0.25, 0.3) is 0 Å². The van der Waals surface area contributed by atoms with Crippen molar-refractivity contribution in [1.82, 2.24) is 0 Å². The summed E-state index contributed by atoms with van der Waals surface area (Å²) in [7, 11) is 0. The van der Waals surface area contributed by atoms with Gasteiger partial charge in [-0.05, 0) is 13.0 Å². The number of benzene rings is 1. The maximum Gasteiger partial charge on any atom is 0.130 e. The number of rotatable bonds is 0. The third-order valence-corrected chi connectivity index (χ3v) is 2.18. The van der Waals surface area contributed by atoms with Crippen molar-refractivity contribution >= 4 is 0 Å². The topological polar surface area (TPSA) is 35.2 Å². The number of hydrogen-bond donors (Lipinski definition) is 1. The first-order valence-corrected chi connectivity index (χ1v) is 3.87. The molecule has 2 N–H and O–H groups in total. The SMILES string of the molecule is Cc1c(F)ccc2c1OCC2N. The third-order valence-electron chi connectivity index (χ3n) is 2.18. The highest BCUT2D eigenvalue weighted by atomic mass is 19.1. The van der Waals surface area contributed by atoms with Crippen LogP contribution in [-0.2, 0) is 0 Å². The van der Waals surface area contributed by atoms with Crippen molar-refractivity contribution in [2.75, 3.05) is 6.61 Å². The largest absolute Gasteiger partial charge is 0.491 e. The standard InChI is InChI=1S/C9H10FNO/c1-5-7(10)3-2-6-8(11)4-12-9(5)6/h2-3,8H,4,11H2,1H3. The van der Waals surface area contributed by atoms with Gasteiger partial charge < -0.3 is 10.5 Å². The molecule has 1 heterocycles. The maximum absolute atomic E-state index is 13.0. The van der Waals surface area contributed by atoms with Crippen LogP contribution in [0, 0.1) is 12.7 Å². The molecule has 0 spiro atoms. The van der Waals surface area contributed by atoms with Crippen molar-refractivity contribution in [2.24, 2.45) is 5.73 Å². The van der Waals surface area contributed by atoms with E-state index in [-0.39, 0.29) is 11.9 Å². The molecule has 1 atom stereocenters. The van der Waals surface area contributed by atoms with Crippen molar-refractivity contribution in [3.8, 4) is 5.75 Å². The summed E-state index contributed by atoms with van der Waals surface area (Å²) in [5.74, 6) is 0.394. The summed E-state index contributed by atoms with van der Waals surface area (Å²) >= 11 is 0. The van der Waals surface area contributed by atoms with Gasteiger partial charge in [0.05, 0.1) is 6.04 Å². The first-order chi connectivity index (χ1) is 5.70. The van der Waals surface area contributed by atoms with Gasteiger partial charge in [0, 0.05) is 11.1 Å². The van der Waals surface area contributed by atoms with Gasteiger partial charge in [-0.3, -0.25) is 0 Å². The first-order valence-electron chi connectivity index (χ1n) is 3.87. The van der Waals surface area contributed by atoms with E-state index in [1.165, 1.54) is 6.07 Å². The zero-order valence-corrected chi connectivity index (χ0v) is 6.80. The van der Waals surface area contributed by atoms with Gasteiger partial charge in [0.2, 0.25) is 0 Å². The molecule has 1 aromatic rings. The Balaban J connectivity index is 2.60. The van der Waals surface area contributed by atoms with Crippen LogP contribution in [0.2, 0.25) is 0 Å².